The highest BCUT2D eigenvalue weighted by molar-refractivity contribution is 5.15. The van der Waals surface area contributed by atoms with Gasteiger partial charge in [0.2, 0.25) is 5.91 Å². The molecule has 3 heteroatoms. The lowest BCUT2D eigenvalue weighted by Gasteiger charge is -2.72. The van der Waals surface area contributed by atoms with Crippen molar-refractivity contribution in [1.29, 1.82) is 0 Å². The smallest absolute Gasteiger partial charge is 0.235 e. The second-order valence-electron chi connectivity index (χ2n) is 8.20. The van der Waals surface area contributed by atoms with Gasteiger partial charge in [-0.05, 0) is 36.5 Å². The third-order valence-corrected chi connectivity index (χ3v) is 5.70. The topological polar surface area (TPSA) is 21.7 Å². The summed E-state index contributed by atoms with van der Waals surface area (Å²) in [6.07, 6.45) is 4.93. The van der Waals surface area contributed by atoms with Crippen molar-refractivity contribution >= 4 is 0 Å². The van der Waals surface area contributed by atoms with Gasteiger partial charge in [0.05, 0.1) is 13.2 Å². The quantitative estimate of drug-likeness (QED) is 0.660. The van der Waals surface area contributed by atoms with Crippen molar-refractivity contribution in [3.05, 3.63) is 0 Å². The van der Waals surface area contributed by atoms with E-state index in [0.717, 1.165) is 32.7 Å². The molecular weight excluding hydrogens is 226 g/mol. The minimum Gasteiger partial charge on any atom is -0.337 e. The summed E-state index contributed by atoms with van der Waals surface area (Å²) in [4.78, 5) is 2.53. The zero-order valence-electron chi connectivity index (χ0n) is 11.9. The summed E-state index contributed by atoms with van der Waals surface area (Å²) in [5.74, 6) is -0.398. The number of ether oxygens (including phenoxy) is 2. The molecule has 3 nitrogen and oxygen atoms in total. The molecule has 0 aromatic carbocycles. The Balaban J connectivity index is 1.80. The largest absolute Gasteiger partial charge is 0.337 e. The van der Waals surface area contributed by atoms with Crippen molar-refractivity contribution in [3.8, 4) is 0 Å². The second kappa shape index (κ2) is 3.13. The van der Waals surface area contributed by atoms with E-state index in [2.05, 4.69) is 25.7 Å². The van der Waals surface area contributed by atoms with Crippen LogP contribution in [0.15, 0.2) is 0 Å². The summed E-state index contributed by atoms with van der Waals surface area (Å²) in [5.41, 5.74) is 1.11. The van der Waals surface area contributed by atoms with Crippen molar-refractivity contribution in [2.45, 2.75) is 52.4 Å². The average molecular weight is 251 g/mol. The summed E-state index contributed by atoms with van der Waals surface area (Å²) >= 11 is 0. The Morgan fingerprint density at radius 1 is 0.833 bits per heavy atom. The highest BCUT2D eigenvalue weighted by atomic mass is 16.7. The van der Waals surface area contributed by atoms with Crippen molar-refractivity contribution in [2.24, 2.45) is 16.2 Å². The fourth-order valence-corrected chi connectivity index (χ4v) is 6.17. The van der Waals surface area contributed by atoms with Gasteiger partial charge in [-0.15, -0.1) is 0 Å². The fraction of sp³-hybridized carbons (Fsp3) is 1.00. The summed E-state index contributed by atoms with van der Waals surface area (Å²) in [7, 11) is 0. The molecule has 1 spiro atoms. The van der Waals surface area contributed by atoms with Crippen LogP contribution in [0.5, 0.6) is 0 Å². The summed E-state index contributed by atoms with van der Waals surface area (Å²) in [6, 6.07) is 0. The Bertz CT molecular complexity index is 370. The van der Waals surface area contributed by atoms with Crippen LogP contribution in [-0.2, 0) is 9.47 Å². The molecule has 0 aromatic rings. The van der Waals surface area contributed by atoms with Gasteiger partial charge in [-0.1, -0.05) is 20.8 Å². The van der Waals surface area contributed by atoms with Gasteiger partial charge in [0, 0.05) is 18.5 Å². The monoisotopic (exact) mass is 251 g/mol. The lowest BCUT2D eigenvalue weighted by atomic mass is 9.47. The normalized spacial score (nSPS) is 57.2. The van der Waals surface area contributed by atoms with Crippen LogP contribution in [0.4, 0.5) is 0 Å². The highest BCUT2D eigenvalue weighted by Crippen LogP contribution is 2.68. The maximum absolute atomic E-state index is 6.24. The molecule has 4 saturated heterocycles. The number of nitrogens with zero attached hydrogens (tertiary/aromatic N) is 1. The van der Waals surface area contributed by atoms with Crippen molar-refractivity contribution in [2.75, 3.05) is 26.3 Å². The van der Waals surface area contributed by atoms with E-state index in [-0.39, 0.29) is 5.41 Å². The van der Waals surface area contributed by atoms with Crippen LogP contribution in [0.2, 0.25) is 0 Å². The van der Waals surface area contributed by atoms with Crippen LogP contribution in [0.25, 0.3) is 0 Å². The molecule has 0 amide bonds. The molecule has 5 aliphatic rings. The van der Waals surface area contributed by atoms with Gasteiger partial charge in [0.1, 0.15) is 0 Å². The Kier molecular flexibility index (Phi) is 2.03. The minimum absolute atomic E-state index is 0.172. The van der Waals surface area contributed by atoms with Crippen LogP contribution in [-0.4, -0.2) is 37.1 Å². The first-order valence-corrected chi connectivity index (χ1v) is 7.42. The van der Waals surface area contributed by atoms with Crippen LogP contribution in [0.1, 0.15) is 46.5 Å². The second-order valence-corrected chi connectivity index (χ2v) is 8.20. The number of rotatable bonds is 0. The Labute approximate surface area is 110 Å². The predicted octanol–water partition coefficient (Wildman–Crippen LogP) is 2.61. The Morgan fingerprint density at radius 2 is 1.39 bits per heavy atom. The van der Waals surface area contributed by atoms with Crippen molar-refractivity contribution in [3.63, 3.8) is 0 Å². The molecule has 2 unspecified atom stereocenters. The van der Waals surface area contributed by atoms with Gasteiger partial charge >= 0.3 is 0 Å². The van der Waals surface area contributed by atoms with Crippen LogP contribution < -0.4 is 0 Å². The summed E-state index contributed by atoms with van der Waals surface area (Å²) in [6.45, 7) is 11.4. The Morgan fingerprint density at radius 3 is 1.89 bits per heavy atom. The molecule has 1 aliphatic carbocycles. The summed E-state index contributed by atoms with van der Waals surface area (Å²) < 4.78 is 12.5. The molecule has 4 heterocycles. The maximum atomic E-state index is 6.24. The molecular formula is C15H25NO2. The molecule has 5 fully saturated rings. The molecule has 102 valence electrons. The maximum Gasteiger partial charge on any atom is 0.235 e. The SMILES string of the molecule is CC12C[C@]3(C)CN(C[C@](C)(C1)C3)C21OCCCO1. The molecule has 5 rings (SSSR count). The molecule has 0 radical (unpaired) electrons. The molecule has 0 N–H and O–H groups in total. The van der Waals surface area contributed by atoms with Gasteiger partial charge in [0.25, 0.3) is 0 Å². The third-order valence-electron chi connectivity index (χ3n) is 5.70. The zero-order chi connectivity index (χ0) is 12.6. The number of piperidine rings is 3. The van der Waals surface area contributed by atoms with E-state index in [1.165, 1.54) is 19.3 Å². The first-order valence-electron chi connectivity index (χ1n) is 7.42. The van der Waals surface area contributed by atoms with E-state index in [1.807, 2.05) is 0 Å². The average Bonchev–Trinajstić information content (AvgIpc) is 2.23. The molecule has 4 atom stereocenters. The minimum atomic E-state index is -0.398. The van der Waals surface area contributed by atoms with Crippen LogP contribution >= 0.6 is 0 Å². The van der Waals surface area contributed by atoms with E-state index in [4.69, 9.17) is 9.47 Å². The summed E-state index contributed by atoms with van der Waals surface area (Å²) in [5, 5.41) is 0. The molecule has 4 bridgehead atoms. The molecule has 0 aromatic heterocycles. The first kappa shape index (κ1) is 11.7. The third kappa shape index (κ3) is 1.26. The lowest BCUT2D eigenvalue weighted by Crippen LogP contribution is -2.78. The zero-order valence-corrected chi connectivity index (χ0v) is 11.9. The predicted molar refractivity (Wildman–Crippen MR) is 69.0 cm³/mol. The standard InChI is InChI=1S/C15H25NO2/c1-12-7-13(2)9-14(3,8-12)15(16(10-12)11-13)17-5-4-6-18-15/h4-11H2,1-3H3/t12-,13+,14?. The highest BCUT2D eigenvalue weighted by Gasteiger charge is 2.70. The number of hydrogen-bond acceptors (Lipinski definition) is 3. The van der Waals surface area contributed by atoms with E-state index >= 15 is 0 Å². The van der Waals surface area contributed by atoms with E-state index in [1.54, 1.807) is 0 Å². The number of hydrogen-bond donors (Lipinski definition) is 0. The Hall–Kier alpha value is -0.120. The van der Waals surface area contributed by atoms with Crippen LogP contribution in [0, 0.1) is 16.2 Å². The van der Waals surface area contributed by atoms with E-state index in [0.29, 0.717) is 10.8 Å². The van der Waals surface area contributed by atoms with Gasteiger partial charge in [-0.2, -0.15) is 0 Å². The van der Waals surface area contributed by atoms with Crippen LogP contribution in [0.3, 0.4) is 0 Å². The lowest BCUT2D eigenvalue weighted by molar-refractivity contribution is -0.446. The molecule has 1 saturated carbocycles. The van der Waals surface area contributed by atoms with Crippen molar-refractivity contribution in [1.82, 2.24) is 4.90 Å². The molecule has 18 heavy (non-hydrogen) atoms. The van der Waals surface area contributed by atoms with Gasteiger partial charge in [-0.25, -0.2) is 0 Å². The van der Waals surface area contributed by atoms with Gasteiger partial charge in [0.15, 0.2) is 0 Å². The fourth-order valence-electron chi connectivity index (χ4n) is 6.17. The van der Waals surface area contributed by atoms with Crippen molar-refractivity contribution < 1.29 is 9.47 Å². The van der Waals surface area contributed by atoms with Gasteiger partial charge in [-0.3, -0.25) is 4.90 Å². The van der Waals surface area contributed by atoms with E-state index < -0.39 is 5.91 Å². The first-order chi connectivity index (χ1) is 8.39. The van der Waals surface area contributed by atoms with Gasteiger partial charge < -0.3 is 9.47 Å². The molecule has 4 aliphatic heterocycles. The van der Waals surface area contributed by atoms with E-state index in [9.17, 15) is 0 Å².